The number of rotatable bonds is 6. The van der Waals surface area contributed by atoms with E-state index in [-0.39, 0.29) is 17.5 Å². The summed E-state index contributed by atoms with van der Waals surface area (Å²) in [6.45, 7) is 2.42. The van der Waals surface area contributed by atoms with E-state index in [1.165, 1.54) is 6.07 Å². The van der Waals surface area contributed by atoms with Crippen LogP contribution in [-0.2, 0) is 0 Å². The topological polar surface area (TPSA) is 41.6 Å². The van der Waals surface area contributed by atoms with Gasteiger partial charge in [-0.3, -0.25) is 4.79 Å². The number of nitrogens with one attached hydrogen (secondary N) is 1. The monoisotopic (exact) mass is 376 g/mol. The molecule has 1 fully saturated rings. The van der Waals surface area contributed by atoms with E-state index in [1.54, 1.807) is 30.3 Å². The van der Waals surface area contributed by atoms with Gasteiger partial charge in [0.15, 0.2) is 11.6 Å². The number of carbonyl (C=O) groups excluding carboxylic acids is 1. The summed E-state index contributed by atoms with van der Waals surface area (Å²) in [7, 11) is 0. The zero-order valence-corrected chi connectivity index (χ0v) is 15.2. The number of benzene rings is 2. The average molecular weight is 377 g/mol. The van der Waals surface area contributed by atoms with Crippen molar-refractivity contribution >= 4 is 17.5 Å². The Morgan fingerprint density at radius 2 is 1.85 bits per heavy atom. The molecule has 4 nitrogen and oxygen atoms in total. The van der Waals surface area contributed by atoms with Gasteiger partial charge < -0.3 is 15.0 Å². The van der Waals surface area contributed by atoms with Gasteiger partial charge in [0.2, 0.25) is 0 Å². The number of amides is 1. The van der Waals surface area contributed by atoms with Crippen molar-refractivity contribution in [2.45, 2.75) is 18.9 Å². The van der Waals surface area contributed by atoms with E-state index >= 15 is 0 Å². The van der Waals surface area contributed by atoms with Crippen LogP contribution in [0.15, 0.2) is 48.5 Å². The Morgan fingerprint density at radius 3 is 2.58 bits per heavy atom. The van der Waals surface area contributed by atoms with Gasteiger partial charge in [-0.15, -0.1) is 0 Å². The van der Waals surface area contributed by atoms with Gasteiger partial charge in [0, 0.05) is 25.7 Å². The summed E-state index contributed by atoms with van der Waals surface area (Å²) in [5, 5.41) is 3.90. The zero-order valence-electron chi connectivity index (χ0n) is 14.5. The maximum Gasteiger partial charge on any atom is 0.255 e. The van der Waals surface area contributed by atoms with Crippen LogP contribution in [0.4, 0.5) is 4.39 Å². The van der Waals surface area contributed by atoms with Crippen molar-refractivity contribution in [1.82, 2.24) is 10.2 Å². The van der Waals surface area contributed by atoms with E-state index in [9.17, 15) is 9.18 Å². The minimum atomic E-state index is -0.348. The van der Waals surface area contributed by atoms with Gasteiger partial charge in [-0.1, -0.05) is 35.9 Å². The molecule has 0 saturated carbocycles. The molecule has 138 valence electrons. The second-order valence-corrected chi connectivity index (χ2v) is 6.69. The van der Waals surface area contributed by atoms with E-state index in [0.717, 1.165) is 12.8 Å². The Kier molecular flexibility index (Phi) is 6.47. The molecule has 6 heteroatoms. The Labute approximate surface area is 157 Å². The van der Waals surface area contributed by atoms with Gasteiger partial charge in [0.25, 0.3) is 5.91 Å². The first-order valence-electron chi connectivity index (χ1n) is 8.79. The number of nitrogens with zero attached hydrogens (tertiary/aromatic N) is 1. The Hall–Kier alpha value is -2.11. The standard InChI is InChI=1S/C20H22ClFN2O2/c21-17-6-2-1-5-16(17)20(25)24-12-9-15(10-13-24)23-11-14-26-19-8-4-3-7-18(19)22/h1-8,15,23H,9-14H2. The lowest BCUT2D eigenvalue weighted by Crippen LogP contribution is -2.45. The number of hydrogen-bond acceptors (Lipinski definition) is 3. The van der Waals surface area contributed by atoms with Crippen molar-refractivity contribution in [3.63, 3.8) is 0 Å². The molecule has 1 saturated heterocycles. The lowest BCUT2D eigenvalue weighted by atomic mass is 10.0. The van der Waals surface area contributed by atoms with Gasteiger partial charge in [-0.25, -0.2) is 4.39 Å². The summed E-state index contributed by atoms with van der Waals surface area (Å²) in [4.78, 5) is 14.4. The predicted octanol–water partition coefficient (Wildman–Crippen LogP) is 3.75. The molecule has 0 aliphatic carbocycles. The van der Waals surface area contributed by atoms with E-state index in [4.69, 9.17) is 16.3 Å². The van der Waals surface area contributed by atoms with E-state index in [2.05, 4.69) is 5.32 Å². The van der Waals surface area contributed by atoms with Crippen LogP contribution in [-0.4, -0.2) is 43.1 Å². The lowest BCUT2D eigenvalue weighted by molar-refractivity contribution is 0.0704. The van der Waals surface area contributed by atoms with Crippen molar-refractivity contribution in [2.75, 3.05) is 26.2 Å². The fourth-order valence-corrected chi connectivity index (χ4v) is 3.29. The van der Waals surface area contributed by atoms with Crippen LogP contribution in [0.25, 0.3) is 0 Å². The van der Waals surface area contributed by atoms with Gasteiger partial charge in [0.1, 0.15) is 6.61 Å². The van der Waals surface area contributed by atoms with Crippen molar-refractivity contribution in [1.29, 1.82) is 0 Å². The molecule has 2 aromatic rings. The highest BCUT2D eigenvalue weighted by Crippen LogP contribution is 2.20. The molecule has 0 radical (unpaired) electrons. The molecule has 3 rings (SSSR count). The third-order valence-corrected chi connectivity index (χ3v) is 4.85. The minimum Gasteiger partial charge on any atom is -0.489 e. The predicted molar refractivity (Wildman–Crippen MR) is 100 cm³/mol. The molecular formula is C20H22ClFN2O2. The van der Waals surface area contributed by atoms with Crippen molar-refractivity contribution in [2.24, 2.45) is 0 Å². The van der Waals surface area contributed by atoms with Gasteiger partial charge >= 0.3 is 0 Å². The Morgan fingerprint density at radius 1 is 1.15 bits per heavy atom. The van der Waals surface area contributed by atoms with Crippen molar-refractivity contribution < 1.29 is 13.9 Å². The van der Waals surface area contributed by atoms with Crippen LogP contribution in [0.5, 0.6) is 5.75 Å². The average Bonchev–Trinajstić information content (AvgIpc) is 2.67. The lowest BCUT2D eigenvalue weighted by Gasteiger charge is -2.32. The second-order valence-electron chi connectivity index (χ2n) is 6.28. The SMILES string of the molecule is O=C(c1ccccc1Cl)N1CCC(NCCOc2ccccc2F)CC1. The zero-order chi connectivity index (χ0) is 18.4. The molecule has 1 amide bonds. The first kappa shape index (κ1) is 18.7. The maximum atomic E-state index is 13.5. The number of likely N-dealkylation sites (tertiary alicyclic amines) is 1. The first-order chi connectivity index (χ1) is 12.6. The van der Waals surface area contributed by atoms with Crippen molar-refractivity contribution in [3.8, 4) is 5.75 Å². The first-order valence-corrected chi connectivity index (χ1v) is 9.17. The minimum absolute atomic E-state index is 0.0167. The van der Waals surface area contributed by atoms with Gasteiger partial charge in [-0.05, 0) is 37.1 Å². The summed E-state index contributed by atoms with van der Waals surface area (Å²) in [5.41, 5.74) is 0.555. The van der Waals surface area contributed by atoms with Crippen LogP contribution < -0.4 is 10.1 Å². The fraction of sp³-hybridized carbons (Fsp3) is 0.350. The number of hydrogen-bond donors (Lipinski definition) is 1. The van der Waals surface area contributed by atoms with E-state index in [1.807, 2.05) is 17.0 Å². The van der Waals surface area contributed by atoms with Gasteiger partial charge in [-0.2, -0.15) is 0 Å². The summed E-state index contributed by atoms with van der Waals surface area (Å²) in [6, 6.07) is 13.8. The molecule has 0 aromatic heterocycles. The fourth-order valence-electron chi connectivity index (χ4n) is 3.08. The van der Waals surface area contributed by atoms with E-state index in [0.29, 0.717) is 42.9 Å². The highest BCUT2D eigenvalue weighted by atomic mass is 35.5. The largest absolute Gasteiger partial charge is 0.489 e. The van der Waals surface area contributed by atoms with Crippen LogP contribution in [0, 0.1) is 5.82 Å². The number of piperidine rings is 1. The quantitative estimate of drug-likeness (QED) is 0.781. The second kappa shape index (κ2) is 9.01. The molecule has 1 N–H and O–H groups in total. The summed E-state index contributed by atoms with van der Waals surface area (Å²) in [6.07, 6.45) is 1.74. The smallest absolute Gasteiger partial charge is 0.255 e. The molecule has 1 aliphatic heterocycles. The van der Waals surface area contributed by atoms with Crippen LogP contribution >= 0.6 is 11.6 Å². The third-order valence-electron chi connectivity index (χ3n) is 4.52. The molecule has 0 bridgehead atoms. The summed E-state index contributed by atoms with van der Waals surface area (Å²) >= 11 is 6.11. The maximum absolute atomic E-state index is 13.5. The van der Waals surface area contributed by atoms with Crippen molar-refractivity contribution in [3.05, 3.63) is 64.9 Å². The van der Waals surface area contributed by atoms with Crippen LogP contribution in [0.1, 0.15) is 23.2 Å². The van der Waals surface area contributed by atoms with Crippen LogP contribution in [0.3, 0.4) is 0 Å². The number of ether oxygens (including phenoxy) is 1. The number of para-hydroxylation sites is 1. The highest BCUT2D eigenvalue weighted by molar-refractivity contribution is 6.33. The number of carbonyl (C=O) groups is 1. The molecular weight excluding hydrogens is 355 g/mol. The molecule has 0 spiro atoms. The Bertz CT molecular complexity index is 748. The molecule has 0 unspecified atom stereocenters. The van der Waals surface area contributed by atoms with Gasteiger partial charge in [0.05, 0.1) is 10.6 Å². The molecule has 1 heterocycles. The number of halogens is 2. The molecule has 0 atom stereocenters. The normalized spacial score (nSPS) is 15.1. The molecule has 1 aliphatic rings. The Balaban J connectivity index is 1.39. The van der Waals surface area contributed by atoms with Crippen LogP contribution in [0.2, 0.25) is 5.02 Å². The molecule has 2 aromatic carbocycles. The summed E-state index contributed by atoms with van der Waals surface area (Å²) < 4.78 is 18.9. The van der Waals surface area contributed by atoms with E-state index < -0.39 is 0 Å². The highest BCUT2D eigenvalue weighted by Gasteiger charge is 2.24. The third kappa shape index (κ3) is 4.74. The summed E-state index contributed by atoms with van der Waals surface area (Å²) in [5.74, 6) is -0.0923. The molecule has 26 heavy (non-hydrogen) atoms.